The molecule has 0 aromatic heterocycles. The maximum atomic E-state index is 13.7. The Bertz CT molecular complexity index is 947. The fraction of sp³-hybridized carbons (Fsp3) is 0.480. The molecule has 1 aliphatic carbocycles. The van der Waals surface area contributed by atoms with Gasteiger partial charge in [0.1, 0.15) is 23.0 Å². The molecule has 3 fully saturated rings. The molecule has 4 nitrogen and oxygen atoms in total. The van der Waals surface area contributed by atoms with Crippen molar-refractivity contribution in [3.8, 4) is 11.5 Å². The van der Waals surface area contributed by atoms with Crippen molar-refractivity contribution in [2.75, 3.05) is 14.1 Å². The predicted octanol–water partition coefficient (Wildman–Crippen LogP) is 4.27. The number of piperidine rings is 2. The van der Waals surface area contributed by atoms with Crippen LogP contribution in [0.2, 0.25) is 0 Å². The molecular weight excluding hydrogens is 362 g/mol. The molecule has 2 bridgehead atoms. The van der Waals surface area contributed by atoms with Gasteiger partial charge in [0.05, 0.1) is 26.2 Å². The topological polar surface area (TPSA) is 35.5 Å². The number of rotatable bonds is 2. The van der Waals surface area contributed by atoms with Crippen LogP contribution in [0.25, 0.3) is 0 Å². The summed E-state index contributed by atoms with van der Waals surface area (Å²) in [6.45, 7) is 1.99. The molecule has 3 heterocycles. The number of nitrogens with zero attached hydrogens (tertiary/aromatic N) is 1. The average molecular weight is 391 g/mol. The van der Waals surface area contributed by atoms with Crippen molar-refractivity contribution in [1.82, 2.24) is 0 Å². The van der Waals surface area contributed by atoms with Gasteiger partial charge >= 0.3 is 5.97 Å². The zero-order chi connectivity index (χ0) is 20.0. The van der Waals surface area contributed by atoms with Gasteiger partial charge in [-0.15, -0.1) is 0 Å². The zero-order valence-corrected chi connectivity index (χ0v) is 17.3. The lowest BCUT2D eigenvalue weighted by Crippen LogP contribution is -2.59. The summed E-state index contributed by atoms with van der Waals surface area (Å²) >= 11 is 0. The molecule has 29 heavy (non-hydrogen) atoms. The van der Waals surface area contributed by atoms with E-state index in [0.717, 1.165) is 51.8 Å². The first-order valence-corrected chi connectivity index (χ1v) is 10.8. The zero-order valence-electron chi connectivity index (χ0n) is 17.3. The van der Waals surface area contributed by atoms with Gasteiger partial charge < -0.3 is 14.0 Å². The van der Waals surface area contributed by atoms with Gasteiger partial charge in [0.2, 0.25) is 0 Å². The van der Waals surface area contributed by atoms with Crippen molar-refractivity contribution in [3.05, 3.63) is 59.7 Å². The Kier molecular flexibility index (Phi) is 3.40. The molecule has 2 aromatic rings. The highest BCUT2D eigenvalue weighted by molar-refractivity contribution is 5.90. The Morgan fingerprint density at radius 2 is 1.45 bits per heavy atom. The lowest BCUT2D eigenvalue weighted by molar-refractivity contribution is -0.937. The molecule has 3 aliphatic heterocycles. The summed E-state index contributed by atoms with van der Waals surface area (Å²) < 4.78 is 13.5. The van der Waals surface area contributed by atoms with Crippen molar-refractivity contribution < 1.29 is 18.8 Å². The van der Waals surface area contributed by atoms with Gasteiger partial charge in [-0.1, -0.05) is 36.4 Å². The fourth-order valence-electron chi connectivity index (χ4n) is 6.67. The van der Waals surface area contributed by atoms with E-state index < -0.39 is 5.41 Å². The number of carbonyl (C=O) groups is 1. The first-order valence-electron chi connectivity index (χ1n) is 10.8. The quantitative estimate of drug-likeness (QED) is 0.568. The van der Waals surface area contributed by atoms with E-state index in [9.17, 15) is 4.79 Å². The van der Waals surface area contributed by atoms with Crippen molar-refractivity contribution in [3.63, 3.8) is 0 Å². The number of ether oxygens (including phenoxy) is 2. The minimum atomic E-state index is -0.852. The van der Waals surface area contributed by atoms with Gasteiger partial charge in [-0.25, -0.2) is 0 Å². The number of quaternary nitrogens is 1. The Labute approximate surface area is 172 Å². The molecule has 0 spiro atoms. The molecule has 4 heteroatoms. The second kappa shape index (κ2) is 5.63. The van der Waals surface area contributed by atoms with Gasteiger partial charge in [-0.2, -0.15) is 0 Å². The van der Waals surface area contributed by atoms with Crippen molar-refractivity contribution >= 4 is 5.97 Å². The lowest BCUT2D eigenvalue weighted by Gasteiger charge is -2.46. The molecule has 2 aromatic carbocycles. The number of benzene rings is 2. The molecule has 5 atom stereocenters. The summed E-state index contributed by atoms with van der Waals surface area (Å²) in [5, 5.41) is 0. The maximum Gasteiger partial charge on any atom is 0.321 e. The van der Waals surface area contributed by atoms with E-state index in [0.29, 0.717) is 12.1 Å². The molecule has 1 saturated carbocycles. The predicted molar refractivity (Wildman–Crippen MR) is 110 cm³/mol. The normalized spacial score (nSPS) is 34.2. The van der Waals surface area contributed by atoms with Crippen LogP contribution >= 0.6 is 0 Å². The first kappa shape index (κ1) is 17.5. The number of carbonyl (C=O) groups excluding carboxylic acids is 1. The smallest absolute Gasteiger partial charge is 0.321 e. The second-order valence-electron chi connectivity index (χ2n) is 10.0. The minimum absolute atomic E-state index is 0.0236. The van der Waals surface area contributed by atoms with Crippen LogP contribution in [0.3, 0.4) is 0 Å². The van der Waals surface area contributed by atoms with Gasteiger partial charge in [0.25, 0.3) is 0 Å². The fourth-order valence-corrected chi connectivity index (χ4v) is 6.67. The van der Waals surface area contributed by atoms with Crippen molar-refractivity contribution in [2.45, 2.75) is 49.8 Å². The van der Waals surface area contributed by atoms with Crippen LogP contribution in [-0.4, -0.2) is 42.7 Å². The number of hydrogen-bond donors (Lipinski definition) is 0. The molecule has 4 aliphatic rings. The molecule has 3 unspecified atom stereocenters. The van der Waals surface area contributed by atoms with Crippen LogP contribution in [0.4, 0.5) is 0 Å². The van der Waals surface area contributed by atoms with E-state index in [1.165, 1.54) is 6.42 Å². The number of hydrogen-bond acceptors (Lipinski definition) is 3. The molecular formula is C25H28NO3+. The summed E-state index contributed by atoms with van der Waals surface area (Å²) in [5.41, 5.74) is 0.928. The summed E-state index contributed by atoms with van der Waals surface area (Å²) in [7, 11) is 4.73. The molecule has 6 rings (SSSR count). The molecule has 0 N–H and O–H groups in total. The van der Waals surface area contributed by atoms with Crippen LogP contribution in [0.15, 0.2) is 48.5 Å². The monoisotopic (exact) mass is 390 g/mol. The number of para-hydroxylation sites is 2. The molecule has 150 valence electrons. The Hall–Kier alpha value is -2.33. The van der Waals surface area contributed by atoms with Gasteiger partial charge in [0.15, 0.2) is 0 Å². The molecule has 0 radical (unpaired) electrons. The highest BCUT2D eigenvalue weighted by Crippen LogP contribution is 2.61. The Morgan fingerprint density at radius 1 is 0.931 bits per heavy atom. The van der Waals surface area contributed by atoms with Crippen LogP contribution in [-0.2, 0) is 14.9 Å². The van der Waals surface area contributed by atoms with Gasteiger partial charge in [0, 0.05) is 35.8 Å². The van der Waals surface area contributed by atoms with Crippen LogP contribution < -0.4 is 4.74 Å². The molecule has 2 saturated heterocycles. The van der Waals surface area contributed by atoms with Gasteiger partial charge in [-0.3, -0.25) is 4.79 Å². The summed E-state index contributed by atoms with van der Waals surface area (Å²) in [6, 6.07) is 17.0. The summed E-state index contributed by atoms with van der Waals surface area (Å²) in [5.74, 6) is 3.03. The van der Waals surface area contributed by atoms with E-state index in [4.69, 9.17) is 9.47 Å². The van der Waals surface area contributed by atoms with Gasteiger partial charge in [-0.05, 0) is 25.5 Å². The van der Waals surface area contributed by atoms with E-state index in [-0.39, 0.29) is 12.1 Å². The van der Waals surface area contributed by atoms with Crippen LogP contribution in [0.5, 0.6) is 11.5 Å². The minimum Gasteiger partial charge on any atom is -0.461 e. The van der Waals surface area contributed by atoms with Crippen molar-refractivity contribution in [1.29, 1.82) is 0 Å². The van der Waals surface area contributed by atoms with E-state index >= 15 is 0 Å². The third-order valence-corrected chi connectivity index (χ3v) is 8.35. The standard InChI is InChI=1S/C25H28NO3/c1-25(18-8-4-6-10-22(18)29-23-11-7-5-9-19(23)25)24(27)28-15-12-20-16-14-17(16)21(13-15)26(20,2)3/h4-11,15-17,20-21H,12-14H2,1-3H3/q+1/t15?,16-,17?,20+,21?/m1/s1. The first-order chi connectivity index (χ1) is 13.9. The summed E-state index contributed by atoms with van der Waals surface area (Å²) in [6.07, 6.45) is 3.39. The van der Waals surface area contributed by atoms with E-state index in [2.05, 4.69) is 14.1 Å². The third-order valence-electron chi connectivity index (χ3n) is 8.35. The van der Waals surface area contributed by atoms with Crippen LogP contribution in [0, 0.1) is 11.8 Å². The highest BCUT2D eigenvalue weighted by Gasteiger charge is 2.68. The molecule has 0 amide bonds. The SMILES string of the molecule is CC1(C(=O)OC2CC3C4C[C@H]4[C@H](C2)[N+]3(C)C)c2ccccc2Oc2ccccc21. The Morgan fingerprint density at radius 3 is 2.00 bits per heavy atom. The maximum absolute atomic E-state index is 13.7. The average Bonchev–Trinajstić information content (AvgIpc) is 3.46. The second-order valence-corrected chi connectivity index (χ2v) is 10.0. The highest BCUT2D eigenvalue weighted by atomic mass is 16.5. The summed E-state index contributed by atoms with van der Waals surface area (Å²) in [4.78, 5) is 13.7. The lowest BCUT2D eigenvalue weighted by atomic mass is 9.74. The Balaban J connectivity index is 1.34. The van der Waals surface area contributed by atoms with Crippen LogP contribution in [0.1, 0.15) is 37.3 Å². The van der Waals surface area contributed by atoms with E-state index in [1.807, 2.05) is 55.5 Å². The largest absolute Gasteiger partial charge is 0.461 e. The van der Waals surface area contributed by atoms with E-state index in [1.54, 1.807) is 0 Å². The number of fused-ring (bicyclic) bond motifs is 7. The number of esters is 1. The van der Waals surface area contributed by atoms with Crippen molar-refractivity contribution in [2.24, 2.45) is 11.8 Å². The third kappa shape index (κ3) is 2.27.